The third-order valence-electron chi connectivity index (χ3n) is 5.06. The van der Waals surface area contributed by atoms with E-state index in [4.69, 9.17) is 22.1 Å². The predicted octanol–water partition coefficient (Wildman–Crippen LogP) is 4.12. The molecule has 3 rings (SSSR count). The number of amides is 1. The van der Waals surface area contributed by atoms with Gasteiger partial charge < -0.3 is 15.4 Å². The van der Waals surface area contributed by atoms with Crippen LogP contribution in [0, 0.1) is 5.41 Å². The normalized spacial score (nSPS) is 19.2. The third-order valence-corrected chi connectivity index (χ3v) is 5.43. The first-order valence-corrected chi connectivity index (χ1v) is 9.26. The van der Waals surface area contributed by atoms with Crippen LogP contribution in [0.5, 0.6) is 5.75 Å². The molecule has 0 aromatic heterocycles. The minimum atomic E-state index is -0.0960. The molecule has 4 nitrogen and oxygen atoms in total. The molecule has 0 saturated carbocycles. The summed E-state index contributed by atoms with van der Waals surface area (Å²) in [6.45, 7) is 5.85. The molecule has 2 aromatic carbocycles. The van der Waals surface area contributed by atoms with Crippen LogP contribution in [0.3, 0.4) is 0 Å². The summed E-state index contributed by atoms with van der Waals surface area (Å²) >= 11 is 6.19. The van der Waals surface area contributed by atoms with Crippen molar-refractivity contribution in [3.63, 3.8) is 0 Å². The lowest BCUT2D eigenvalue weighted by molar-refractivity contribution is 0.0528. The van der Waals surface area contributed by atoms with Crippen LogP contribution >= 0.6 is 11.6 Å². The van der Waals surface area contributed by atoms with Gasteiger partial charge in [-0.3, -0.25) is 4.79 Å². The molecule has 0 radical (unpaired) electrons. The number of halogens is 1. The van der Waals surface area contributed by atoms with Crippen molar-refractivity contribution < 1.29 is 9.53 Å². The summed E-state index contributed by atoms with van der Waals surface area (Å²) in [5.74, 6) is 0.560. The molecular formula is C21H25ClN2O2. The van der Waals surface area contributed by atoms with E-state index in [1.807, 2.05) is 53.4 Å². The predicted molar refractivity (Wildman–Crippen MR) is 105 cm³/mol. The number of nitrogens with two attached hydrogens (primary N) is 1. The van der Waals surface area contributed by atoms with Gasteiger partial charge in [0.1, 0.15) is 12.4 Å². The summed E-state index contributed by atoms with van der Waals surface area (Å²) in [7, 11) is 0. The van der Waals surface area contributed by atoms with Crippen LogP contribution in [-0.4, -0.2) is 29.9 Å². The molecule has 1 unspecified atom stereocenters. The number of likely N-dealkylation sites (tertiary alicyclic amines) is 1. The Labute approximate surface area is 159 Å². The van der Waals surface area contributed by atoms with Crippen LogP contribution in [0.4, 0.5) is 0 Å². The van der Waals surface area contributed by atoms with Crippen molar-refractivity contribution in [2.24, 2.45) is 11.1 Å². The lowest BCUT2D eigenvalue weighted by atomic mass is 9.79. The van der Waals surface area contributed by atoms with Gasteiger partial charge in [-0.15, -0.1) is 0 Å². The van der Waals surface area contributed by atoms with Gasteiger partial charge in [-0.2, -0.15) is 0 Å². The molecular weight excluding hydrogens is 348 g/mol. The first-order valence-electron chi connectivity index (χ1n) is 8.88. The molecule has 2 N–H and O–H groups in total. The lowest BCUT2D eigenvalue weighted by Crippen LogP contribution is -2.54. The molecule has 2 aromatic rings. The summed E-state index contributed by atoms with van der Waals surface area (Å²) in [5.41, 5.74) is 7.56. The standard InChI is InChI=1S/C21H25ClN2O2/c1-21(2)14-24(12-11-19(21)23)20(25)16-8-4-6-10-18(16)26-13-15-7-3-5-9-17(15)22/h3-10,19H,11-14,23H2,1-2H3. The van der Waals surface area contributed by atoms with E-state index in [1.165, 1.54) is 0 Å². The van der Waals surface area contributed by atoms with Crippen LogP contribution in [0.2, 0.25) is 5.02 Å². The number of carbonyl (C=O) groups is 1. The fourth-order valence-electron chi connectivity index (χ4n) is 3.26. The number of ether oxygens (including phenoxy) is 1. The number of nitrogens with zero attached hydrogens (tertiary/aromatic N) is 1. The number of carbonyl (C=O) groups excluding carboxylic acids is 1. The average molecular weight is 373 g/mol. The van der Waals surface area contributed by atoms with Crippen LogP contribution in [0.1, 0.15) is 36.2 Å². The molecule has 1 amide bonds. The van der Waals surface area contributed by atoms with E-state index in [0.717, 1.165) is 12.0 Å². The molecule has 138 valence electrons. The second-order valence-electron chi connectivity index (χ2n) is 7.49. The minimum Gasteiger partial charge on any atom is -0.488 e. The molecule has 5 heteroatoms. The van der Waals surface area contributed by atoms with Crippen molar-refractivity contribution in [2.75, 3.05) is 13.1 Å². The first-order chi connectivity index (χ1) is 12.4. The Balaban J connectivity index is 1.76. The highest BCUT2D eigenvalue weighted by Gasteiger charge is 2.36. The first kappa shape index (κ1) is 18.7. The maximum absolute atomic E-state index is 13.1. The molecule has 0 aliphatic carbocycles. The molecule has 0 spiro atoms. The maximum atomic E-state index is 13.1. The van der Waals surface area contributed by atoms with E-state index in [1.54, 1.807) is 0 Å². The Hall–Kier alpha value is -2.04. The van der Waals surface area contributed by atoms with Gasteiger partial charge in [0.2, 0.25) is 0 Å². The van der Waals surface area contributed by atoms with E-state index in [9.17, 15) is 4.79 Å². The number of benzene rings is 2. The van der Waals surface area contributed by atoms with E-state index < -0.39 is 0 Å². The summed E-state index contributed by atoms with van der Waals surface area (Å²) in [5, 5.41) is 0.656. The largest absolute Gasteiger partial charge is 0.488 e. The number of rotatable bonds is 4. The van der Waals surface area contributed by atoms with Crippen molar-refractivity contribution in [1.82, 2.24) is 4.90 Å². The highest BCUT2D eigenvalue weighted by Crippen LogP contribution is 2.30. The molecule has 1 saturated heterocycles. The van der Waals surface area contributed by atoms with Gasteiger partial charge >= 0.3 is 0 Å². The van der Waals surface area contributed by atoms with Gasteiger partial charge in [-0.05, 0) is 30.0 Å². The van der Waals surface area contributed by atoms with E-state index in [2.05, 4.69) is 13.8 Å². The molecule has 1 aliphatic heterocycles. The van der Waals surface area contributed by atoms with E-state index in [0.29, 0.717) is 36.0 Å². The second-order valence-corrected chi connectivity index (χ2v) is 7.89. The smallest absolute Gasteiger partial charge is 0.257 e. The number of piperidine rings is 1. The Morgan fingerprint density at radius 3 is 2.65 bits per heavy atom. The van der Waals surface area contributed by atoms with Crippen molar-refractivity contribution in [3.8, 4) is 5.75 Å². The highest BCUT2D eigenvalue weighted by atomic mass is 35.5. The van der Waals surface area contributed by atoms with Gasteiger partial charge in [0.05, 0.1) is 5.56 Å². The molecule has 1 aliphatic rings. The summed E-state index contributed by atoms with van der Waals surface area (Å²) in [4.78, 5) is 14.9. The molecule has 1 heterocycles. The Kier molecular flexibility index (Phi) is 5.54. The Morgan fingerprint density at radius 1 is 1.23 bits per heavy atom. The molecule has 0 bridgehead atoms. The quantitative estimate of drug-likeness (QED) is 0.878. The van der Waals surface area contributed by atoms with Gasteiger partial charge in [-0.1, -0.05) is 55.8 Å². The summed E-state index contributed by atoms with van der Waals surface area (Å²) < 4.78 is 5.93. The highest BCUT2D eigenvalue weighted by molar-refractivity contribution is 6.31. The van der Waals surface area contributed by atoms with E-state index >= 15 is 0 Å². The zero-order valence-corrected chi connectivity index (χ0v) is 16.0. The zero-order valence-electron chi connectivity index (χ0n) is 15.2. The maximum Gasteiger partial charge on any atom is 0.257 e. The van der Waals surface area contributed by atoms with Crippen molar-refractivity contribution >= 4 is 17.5 Å². The van der Waals surface area contributed by atoms with Crippen LogP contribution in [0.15, 0.2) is 48.5 Å². The molecule has 26 heavy (non-hydrogen) atoms. The monoisotopic (exact) mass is 372 g/mol. The van der Waals surface area contributed by atoms with Crippen LogP contribution in [-0.2, 0) is 6.61 Å². The Bertz CT molecular complexity index is 791. The fraction of sp³-hybridized carbons (Fsp3) is 0.381. The van der Waals surface area contributed by atoms with Crippen LogP contribution in [0.25, 0.3) is 0 Å². The average Bonchev–Trinajstić information content (AvgIpc) is 2.63. The molecule has 1 atom stereocenters. The minimum absolute atomic E-state index is 0.0141. The lowest BCUT2D eigenvalue weighted by Gasteiger charge is -2.42. The van der Waals surface area contributed by atoms with Crippen molar-refractivity contribution in [2.45, 2.75) is 32.9 Å². The van der Waals surface area contributed by atoms with Crippen LogP contribution < -0.4 is 10.5 Å². The topological polar surface area (TPSA) is 55.6 Å². The van der Waals surface area contributed by atoms with Crippen molar-refractivity contribution in [1.29, 1.82) is 0 Å². The summed E-state index contributed by atoms with van der Waals surface area (Å²) in [6.07, 6.45) is 0.807. The third kappa shape index (κ3) is 4.02. The molecule has 1 fully saturated rings. The summed E-state index contributed by atoms with van der Waals surface area (Å²) in [6, 6.07) is 15.0. The van der Waals surface area contributed by atoms with Gasteiger partial charge in [0.25, 0.3) is 5.91 Å². The second kappa shape index (κ2) is 7.68. The van der Waals surface area contributed by atoms with E-state index in [-0.39, 0.29) is 17.4 Å². The fourth-order valence-corrected chi connectivity index (χ4v) is 3.45. The number of hydrogen-bond acceptors (Lipinski definition) is 3. The van der Waals surface area contributed by atoms with Gasteiger partial charge in [0, 0.05) is 29.7 Å². The van der Waals surface area contributed by atoms with Gasteiger partial charge in [-0.25, -0.2) is 0 Å². The van der Waals surface area contributed by atoms with Gasteiger partial charge in [0.15, 0.2) is 0 Å². The SMILES string of the molecule is CC1(C)CN(C(=O)c2ccccc2OCc2ccccc2Cl)CCC1N. The van der Waals surface area contributed by atoms with Crippen molar-refractivity contribution in [3.05, 3.63) is 64.7 Å². The zero-order chi connectivity index (χ0) is 18.7. The number of hydrogen-bond donors (Lipinski definition) is 1. The Morgan fingerprint density at radius 2 is 1.92 bits per heavy atom. The number of para-hydroxylation sites is 1.